The third kappa shape index (κ3) is 16.1. The summed E-state index contributed by atoms with van der Waals surface area (Å²) in [6.07, 6.45) is 22.7. The van der Waals surface area contributed by atoms with E-state index in [9.17, 15) is 0 Å². The molecular weight excluding hydrogens is 240 g/mol. The van der Waals surface area contributed by atoms with Gasteiger partial charge in [0, 0.05) is 0 Å². The highest BCUT2D eigenvalue weighted by molar-refractivity contribution is 4.61. The highest BCUT2D eigenvalue weighted by atomic mass is 14.1. The van der Waals surface area contributed by atoms with E-state index in [1.165, 1.54) is 103 Å². The van der Waals surface area contributed by atoms with Gasteiger partial charge in [0.2, 0.25) is 0 Å². The second-order valence-corrected chi connectivity index (χ2v) is 6.69. The zero-order valence-electron chi connectivity index (χ0n) is 14.6. The number of hydrogen-bond acceptors (Lipinski definition) is 0. The second kappa shape index (κ2) is 17.1. The number of hydrogen-bond donors (Lipinski definition) is 0. The highest BCUT2D eigenvalue weighted by Gasteiger charge is 2.01. The summed E-state index contributed by atoms with van der Waals surface area (Å²) in [5, 5.41) is 0. The summed E-state index contributed by atoms with van der Waals surface area (Å²) in [5.74, 6) is 0.722. The molecule has 0 aliphatic rings. The third-order valence-electron chi connectivity index (χ3n) is 4.43. The normalized spacial score (nSPS) is 12.8. The van der Waals surface area contributed by atoms with E-state index in [1.54, 1.807) is 0 Å². The van der Waals surface area contributed by atoms with Gasteiger partial charge in [-0.1, -0.05) is 124 Å². The first-order chi connectivity index (χ1) is 9.81. The molecule has 1 atom stereocenters. The molecule has 0 saturated heterocycles. The molecule has 0 aliphatic carbocycles. The largest absolute Gasteiger partial charge is 0.0654 e. The molecule has 1 unspecified atom stereocenters. The fourth-order valence-electron chi connectivity index (χ4n) is 2.92. The Hall–Kier alpha value is 0. The molecule has 0 fully saturated rings. The van der Waals surface area contributed by atoms with E-state index in [1.807, 2.05) is 0 Å². The molecule has 0 heterocycles. The van der Waals surface area contributed by atoms with Gasteiger partial charge in [-0.2, -0.15) is 0 Å². The monoisotopic (exact) mass is 281 g/mol. The highest BCUT2D eigenvalue weighted by Crippen LogP contribution is 2.17. The fraction of sp³-hybridized carbons (Fsp3) is 0.950. The maximum absolute atomic E-state index is 4.29. The fourth-order valence-corrected chi connectivity index (χ4v) is 2.92. The molecule has 1 radical (unpaired) electrons. The van der Waals surface area contributed by atoms with E-state index in [0.717, 1.165) is 5.92 Å². The van der Waals surface area contributed by atoms with Crippen LogP contribution in [0.2, 0.25) is 0 Å². The van der Waals surface area contributed by atoms with Gasteiger partial charge in [0.25, 0.3) is 0 Å². The molecule has 0 rings (SSSR count). The first-order valence-corrected chi connectivity index (χ1v) is 9.64. The van der Waals surface area contributed by atoms with Crippen molar-refractivity contribution in [2.45, 2.75) is 117 Å². The molecule has 20 heavy (non-hydrogen) atoms. The molecule has 121 valence electrons. The van der Waals surface area contributed by atoms with Gasteiger partial charge in [0.05, 0.1) is 0 Å². The van der Waals surface area contributed by atoms with E-state index in [-0.39, 0.29) is 0 Å². The quantitative estimate of drug-likeness (QED) is 0.254. The first kappa shape index (κ1) is 20.0. The van der Waals surface area contributed by atoms with Gasteiger partial charge in [-0.05, 0) is 5.92 Å². The van der Waals surface area contributed by atoms with E-state index in [4.69, 9.17) is 0 Å². The van der Waals surface area contributed by atoms with Crippen LogP contribution in [-0.2, 0) is 0 Å². The molecule has 0 amide bonds. The summed E-state index contributed by atoms with van der Waals surface area (Å²) >= 11 is 0. The lowest BCUT2D eigenvalue weighted by molar-refractivity contribution is 0.467. The van der Waals surface area contributed by atoms with Crippen molar-refractivity contribution in [2.24, 2.45) is 5.92 Å². The second-order valence-electron chi connectivity index (χ2n) is 6.69. The van der Waals surface area contributed by atoms with E-state index >= 15 is 0 Å². The molecule has 0 bridgehead atoms. The zero-order chi connectivity index (χ0) is 14.9. The lowest BCUT2D eigenvalue weighted by atomic mass is 9.96. The van der Waals surface area contributed by atoms with Crippen molar-refractivity contribution in [3.8, 4) is 0 Å². The first-order valence-electron chi connectivity index (χ1n) is 9.64. The lowest BCUT2D eigenvalue weighted by Crippen LogP contribution is -1.95. The standard InChI is InChI=1S/C20H41/c1-4-6-8-9-10-11-12-13-14-15-17-19-20(3)18-16-7-5-2/h20H,3-19H2,1-2H3. The molecule has 0 heteroatoms. The van der Waals surface area contributed by atoms with Crippen molar-refractivity contribution in [3.05, 3.63) is 6.92 Å². The van der Waals surface area contributed by atoms with Crippen LogP contribution in [0.3, 0.4) is 0 Å². The van der Waals surface area contributed by atoms with Gasteiger partial charge in [-0.3, -0.25) is 0 Å². The number of rotatable bonds is 16. The molecule has 0 aromatic carbocycles. The van der Waals surface area contributed by atoms with Crippen LogP contribution < -0.4 is 0 Å². The Labute approximate surface area is 130 Å². The molecular formula is C20H41. The van der Waals surface area contributed by atoms with E-state index < -0.39 is 0 Å². The summed E-state index contributed by atoms with van der Waals surface area (Å²) < 4.78 is 0. The minimum Gasteiger partial charge on any atom is -0.0654 e. The van der Waals surface area contributed by atoms with Crippen LogP contribution in [0.15, 0.2) is 0 Å². The molecule has 0 spiro atoms. The zero-order valence-corrected chi connectivity index (χ0v) is 14.6. The molecule has 0 saturated carbocycles. The Morgan fingerprint density at radius 1 is 0.500 bits per heavy atom. The average Bonchev–Trinajstić information content (AvgIpc) is 2.45. The van der Waals surface area contributed by atoms with Crippen LogP contribution in [0.25, 0.3) is 0 Å². The summed E-state index contributed by atoms with van der Waals surface area (Å²) in [6, 6.07) is 0. The van der Waals surface area contributed by atoms with E-state index in [2.05, 4.69) is 20.8 Å². The van der Waals surface area contributed by atoms with Crippen LogP contribution in [-0.4, -0.2) is 0 Å². The Morgan fingerprint density at radius 3 is 1.25 bits per heavy atom. The van der Waals surface area contributed by atoms with Crippen LogP contribution >= 0.6 is 0 Å². The number of unbranched alkanes of at least 4 members (excludes halogenated alkanes) is 12. The Morgan fingerprint density at radius 2 is 0.800 bits per heavy atom. The maximum Gasteiger partial charge on any atom is -0.0414 e. The Balaban J connectivity index is 3.05. The maximum atomic E-state index is 4.29. The van der Waals surface area contributed by atoms with Crippen molar-refractivity contribution < 1.29 is 0 Å². The SMILES string of the molecule is [CH2]C(CCCCC)CCCCCCCCCCCCC. The summed E-state index contributed by atoms with van der Waals surface area (Å²) in [4.78, 5) is 0. The molecule has 0 aromatic heterocycles. The minimum atomic E-state index is 0.722. The van der Waals surface area contributed by atoms with Crippen LogP contribution in [0, 0.1) is 12.8 Å². The predicted molar refractivity (Wildman–Crippen MR) is 94.1 cm³/mol. The van der Waals surface area contributed by atoms with Gasteiger partial charge < -0.3 is 0 Å². The van der Waals surface area contributed by atoms with Crippen LogP contribution in [0.1, 0.15) is 117 Å². The third-order valence-corrected chi connectivity index (χ3v) is 4.43. The lowest BCUT2D eigenvalue weighted by Gasteiger charge is -2.10. The average molecular weight is 282 g/mol. The predicted octanol–water partition coefficient (Wildman–Crippen LogP) is 7.72. The van der Waals surface area contributed by atoms with Crippen molar-refractivity contribution in [2.75, 3.05) is 0 Å². The van der Waals surface area contributed by atoms with Gasteiger partial charge >= 0.3 is 0 Å². The van der Waals surface area contributed by atoms with Gasteiger partial charge in [0.15, 0.2) is 0 Å². The molecule has 0 nitrogen and oxygen atoms in total. The topological polar surface area (TPSA) is 0 Å². The summed E-state index contributed by atoms with van der Waals surface area (Å²) in [7, 11) is 0. The smallest absolute Gasteiger partial charge is 0.0414 e. The van der Waals surface area contributed by atoms with E-state index in [0.29, 0.717) is 0 Å². The van der Waals surface area contributed by atoms with Crippen molar-refractivity contribution in [1.82, 2.24) is 0 Å². The van der Waals surface area contributed by atoms with Gasteiger partial charge in [0.1, 0.15) is 0 Å². The van der Waals surface area contributed by atoms with Crippen LogP contribution in [0.5, 0.6) is 0 Å². The van der Waals surface area contributed by atoms with Crippen molar-refractivity contribution >= 4 is 0 Å². The van der Waals surface area contributed by atoms with Gasteiger partial charge in [-0.15, -0.1) is 0 Å². The molecule has 0 aliphatic heterocycles. The van der Waals surface area contributed by atoms with Crippen molar-refractivity contribution in [1.29, 1.82) is 0 Å². The minimum absolute atomic E-state index is 0.722. The Kier molecular flexibility index (Phi) is 17.1. The Bertz CT molecular complexity index is 161. The molecule has 0 aromatic rings. The molecule has 0 N–H and O–H groups in total. The van der Waals surface area contributed by atoms with Gasteiger partial charge in [-0.25, -0.2) is 0 Å². The van der Waals surface area contributed by atoms with Crippen LogP contribution in [0.4, 0.5) is 0 Å². The van der Waals surface area contributed by atoms with Crippen molar-refractivity contribution in [3.63, 3.8) is 0 Å². The summed E-state index contributed by atoms with van der Waals surface area (Å²) in [5.41, 5.74) is 0. The summed E-state index contributed by atoms with van der Waals surface area (Å²) in [6.45, 7) is 8.86.